The van der Waals surface area contributed by atoms with Crippen LogP contribution in [0, 0.1) is 11.8 Å². The van der Waals surface area contributed by atoms with E-state index in [0.29, 0.717) is 13.1 Å². The summed E-state index contributed by atoms with van der Waals surface area (Å²) in [5.74, 6) is -0.989. The van der Waals surface area contributed by atoms with Gasteiger partial charge in [0.15, 0.2) is 0 Å². The van der Waals surface area contributed by atoms with Crippen molar-refractivity contribution in [2.24, 2.45) is 11.8 Å². The zero-order valence-corrected chi connectivity index (χ0v) is 12.4. The van der Waals surface area contributed by atoms with Gasteiger partial charge in [-0.15, -0.1) is 0 Å². The highest BCUT2D eigenvalue weighted by Crippen LogP contribution is 2.31. The van der Waals surface area contributed by atoms with Crippen molar-refractivity contribution in [3.63, 3.8) is 0 Å². The first kappa shape index (κ1) is 14.8. The number of carbonyl (C=O) groups excluding carboxylic acids is 1. The number of nitrogens with one attached hydrogen (secondary N) is 1. The Morgan fingerprint density at radius 1 is 1.50 bits per heavy atom. The van der Waals surface area contributed by atoms with Gasteiger partial charge in [0.25, 0.3) is 0 Å². The average Bonchev–Trinajstić information content (AvgIpc) is 3.06. The number of amides is 2. The molecule has 0 saturated heterocycles. The van der Waals surface area contributed by atoms with E-state index >= 15 is 0 Å². The standard InChI is InChI=1S/C14H20N2O3S/c1-16(8-10-5-6-20-9-10)14(19)15-7-11-3-2-4-12(11)13(17)18/h5-6,9,11-12H,2-4,7-8H2,1H3,(H,15,19)(H,17,18). The maximum Gasteiger partial charge on any atom is 0.317 e. The molecule has 5 nitrogen and oxygen atoms in total. The Bertz CT molecular complexity index is 461. The molecule has 0 radical (unpaired) electrons. The summed E-state index contributed by atoms with van der Waals surface area (Å²) in [6, 6.07) is 1.85. The molecule has 1 heterocycles. The third kappa shape index (κ3) is 3.72. The zero-order valence-electron chi connectivity index (χ0n) is 11.5. The van der Waals surface area contributed by atoms with Gasteiger partial charge in [0, 0.05) is 20.1 Å². The Labute approximate surface area is 122 Å². The van der Waals surface area contributed by atoms with Crippen LogP contribution in [0.25, 0.3) is 0 Å². The number of carbonyl (C=O) groups is 2. The first-order valence-corrected chi connectivity index (χ1v) is 7.75. The number of thiophene rings is 1. The van der Waals surface area contributed by atoms with E-state index in [1.807, 2.05) is 16.8 Å². The van der Waals surface area contributed by atoms with Crippen molar-refractivity contribution in [1.29, 1.82) is 0 Å². The van der Waals surface area contributed by atoms with Gasteiger partial charge in [0.05, 0.1) is 5.92 Å². The van der Waals surface area contributed by atoms with E-state index < -0.39 is 5.97 Å². The first-order chi connectivity index (χ1) is 9.58. The summed E-state index contributed by atoms with van der Waals surface area (Å²) in [7, 11) is 1.75. The fourth-order valence-corrected chi connectivity index (χ4v) is 3.35. The predicted molar refractivity (Wildman–Crippen MR) is 77.7 cm³/mol. The van der Waals surface area contributed by atoms with Gasteiger partial charge in [-0.3, -0.25) is 4.79 Å². The summed E-state index contributed by atoms with van der Waals surface area (Å²) < 4.78 is 0. The highest BCUT2D eigenvalue weighted by atomic mass is 32.1. The molecule has 1 aromatic heterocycles. The van der Waals surface area contributed by atoms with E-state index in [0.717, 1.165) is 24.8 Å². The third-order valence-corrected chi connectivity index (χ3v) is 4.57. The van der Waals surface area contributed by atoms with Crippen LogP contribution in [0.1, 0.15) is 24.8 Å². The molecule has 2 unspecified atom stereocenters. The minimum atomic E-state index is -0.742. The van der Waals surface area contributed by atoms with Crippen LogP contribution in [0.3, 0.4) is 0 Å². The van der Waals surface area contributed by atoms with E-state index in [-0.39, 0.29) is 17.9 Å². The van der Waals surface area contributed by atoms with Crippen molar-refractivity contribution in [3.8, 4) is 0 Å². The minimum Gasteiger partial charge on any atom is -0.481 e. The average molecular weight is 296 g/mol. The fraction of sp³-hybridized carbons (Fsp3) is 0.571. The normalized spacial score (nSPS) is 21.6. The van der Waals surface area contributed by atoms with E-state index in [9.17, 15) is 9.59 Å². The molecule has 1 fully saturated rings. The quantitative estimate of drug-likeness (QED) is 0.876. The number of aliphatic carboxylic acids is 1. The molecule has 0 bridgehead atoms. The van der Waals surface area contributed by atoms with Crippen LogP contribution in [-0.4, -0.2) is 35.6 Å². The van der Waals surface area contributed by atoms with E-state index in [4.69, 9.17) is 5.11 Å². The summed E-state index contributed by atoms with van der Waals surface area (Å²) in [4.78, 5) is 24.7. The monoisotopic (exact) mass is 296 g/mol. The van der Waals surface area contributed by atoms with Crippen LogP contribution in [0.15, 0.2) is 16.8 Å². The summed E-state index contributed by atoms with van der Waals surface area (Å²) in [5, 5.41) is 16.0. The van der Waals surface area contributed by atoms with Crippen LogP contribution in [0.5, 0.6) is 0 Å². The molecule has 2 N–H and O–H groups in total. The molecule has 0 aromatic carbocycles. The molecular weight excluding hydrogens is 276 g/mol. The van der Waals surface area contributed by atoms with Crippen molar-refractivity contribution >= 4 is 23.3 Å². The van der Waals surface area contributed by atoms with Gasteiger partial charge in [-0.2, -0.15) is 11.3 Å². The summed E-state index contributed by atoms with van der Waals surface area (Å²) in [6.45, 7) is 1.02. The second kappa shape index (κ2) is 6.74. The summed E-state index contributed by atoms with van der Waals surface area (Å²) in [5.41, 5.74) is 1.11. The van der Waals surface area contributed by atoms with Gasteiger partial charge in [0.2, 0.25) is 0 Å². The van der Waals surface area contributed by atoms with E-state index in [1.54, 1.807) is 23.3 Å². The molecule has 1 aliphatic carbocycles. The van der Waals surface area contributed by atoms with Crippen LogP contribution in [-0.2, 0) is 11.3 Å². The lowest BCUT2D eigenvalue weighted by Crippen LogP contribution is -2.40. The number of hydrogen-bond donors (Lipinski definition) is 2. The number of nitrogens with zero attached hydrogens (tertiary/aromatic N) is 1. The molecule has 2 rings (SSSR count). The highest BCUT2D eigenvalue weighted by Gasteiger charge is 2.32. The Morgan fingerprint density at radius 2 is 2.30 bits per heavy atom. The molecule has 1 aliphatic rings. The number of carboxylic acid groups (broad SMARTS) is 1. The number of carboxylic acids is 1. The second-order valence-corrected chi connectivity index (χ2v) is 6.09. The van der Waals surface area contributed by atoms with Gasteiger partial charge in [-0.25, -0.2) is 4.79 Å². The van der Waals surface area contributed by atoms with Gasteiger partial charge >= 0.3 is 12.0 Å². The Hall–Kier alpha value is -1.56. The first-order valence-electron chi connectivity index (χ1n) is 6.80. The topological polar surface area (TPSA) is 69.6 Å². The van der Waals surface area contributed by atoms with E-state index in [2.05, 4.69) is 5.32 Å². The lowest BCUT2D eigenvalue weighted by Gasteiger charge is -2.21. The van der Waals surface area contributed by atoms with E-state index in [1.165, 1.54) is 0 Å². The maximum absolute atomic E-state index is 12.0. The Kier molecular flexibility index (Phi) is 5.00. The minimum absolute atomic E-state index is 0.0611. The fourth-order valence-electron chi connectivity index (χ4n) is 2.69. The molecule has 1 aromatic rings. The Balaban J connectivity index is 1.78. The molecule has 110 valence electrons. The molecule has 2 atom stereocenters. The highest BCUT2D eigenvalue weighted by molar-refractivity contribution is 7.07. The largest absolute Gasteiger partial charge is 0.481 e. The van der Waals surface area contributed by atoms with Crippen LogP contribution in [0.2, 0.25) is 0 Å². The van der Waals surface area contributed by atoms with Crippen molar-refractivity contribution in [2.75, 3.05) is 13.6 Å². The van der Waals surface area contributed by atoms with Crippen molar-refractivity contribution in [1.82, 2.24) is 10.2 Å². The van der Waals surface area contributed by atoms with Gasteiger partial charge in [-0.1, -0.05) is 6.42 Å². The van der Waals surface area contributed by atoms with Gasteiger partial charge < -0.3 is 15.3 Å². The predicted octanol–water partition coefficient (Wildman–Crippen LogP) is 2.39. The van der Waals surface area contributed by atoms with Crippen LogP contribution < -0.4 is 5.32 Å². The third-order valence-electron chi connectivity index (χ3n) is 3.84. The van der Waals surface area contributed by atoms with Crippen LogP contribution >= 0.6 is 11.3 Å². The Morgan fingerprint density at radius 3 is 2.95 bits per heavy atom. The number of hydrogen-bond acceptors (Lipinski definition) is 3. The zero-order chi connectivity index (χ0) is 14.5. The SMILES string of the molecule is CN(Cc1ccsc1)C(=O)NCC1CCCC1C(=O)O. The summed E-state index contributed by atoms with van der Waals surface area (Å²) >= 11 is 1.61. The number of rotatable bonds is 5. The van der Waals surface area contributed by atoms with Gasteiger partial charge in [0.1, 0.15) is 0 Å². The molecule has 0 aliphatic heterocycles. The molecule has 2 amide bonds. The molecule has 20 heavy (non-hydrogen) atoms. The molecular formula is C14H20N2O3S. The molecule has 1 saturated carbocycles. The smallest absolute Gasteiger partial charge is 0.317 e. The second-order valence-electron chi connectivity index (χ2n) is 5.31. The van der Waals surface area contributed by atoms with Crippen molar-refractivity contribution in [2.45, 2.75) is 25.8 Å². The lowest BCUT2D eigenvalue weighted by atomic mass is 9.96. The molecule has 6 heteroatoms. The van der Waals surface area contributed by atoms with Crippen molar-refractivity contribution in [3.05, 3.63) is 22.4 Å². The summed E-state index contributed by atoms with van der Waals surface area (Å²) in [6.07, 6.45) is 2.54. The van der Waals surface area contributed by atoms with Crippen molar-refractivity contribution < 1.29 is 14.7 Å². The van der Waals surface area contributed by atoms with Gasteiger partial charge in [-0.05, 0) is 41.1 Å². The maximum atomic E-state index is 12.0. The molecule has 0 spiro atoms. The lowest BCUT2D eigenvalue weighted by molar-refractivity contribution is -0.142. The number of urea groups is 1. The van der Waals surface area contributed by atoms with Crippen LogP contribution in [0.4, 0.5) is 4.79 Å².